The second kappa shape index (κ2) is 11.1. The van der Waals surface area contributed by atoms with Crippen LogP contribution in [0.15, 0.2) is 18.3 Å². The lowest BCUT2D eigenvalue weighted by Crippen LogP contribution is -2.53. The largest absolute Gasteiger partial charge is 0.462 e. The minimum absolute atomic E-state index is 0.257. The molecule has 0 radical (unpaired) electrons. The van der Waals surface area contributed by atoms with Gasteiger partial charge in [-0.2, -0.15) is 9.97 Å². The Morgan fingerprint density at radius 3 is 2.38 bits per heavy atom. The number of esters is 1. The molecule has 0 bridgehead atoms. The lowest BCUT2D eigenvalue weighted by Gasteiger charge is -2.42. The molecule has 0 spiro atoms. The Morgan fingerprint density at radius 2 is 1.70 bits per heavy atom. The third-order valence-corrected chi connectivity index (χ3v) is 7.96. The summed E-state index contributed by atoms with van der Waals surface area (Å²) in [7, 11) is 0. The number of carbonyl (C=O) groups is 1. The van der Waals surface area contributed by atoms with Crippen LogP contribution in [0, 0.1) is 6.92 Å². The Bertz CT molecular complexity index is 1100. The van der Waals surface area contributed by atoms with E-state index in [-0.39, 0.29) is 12.0 Å². The number of pyridine rings is 1. The van der Waals surface area contributed by atoms with Crippen molar-refractivity contribution < 1.29 is 9.53 Å². The highest BCUT2D eigenvalue weighted by atomic mass is 16.5. The number of piperidine rings is 1. The number of nitrogens with zero attached hydrogens (tertiary/aromatic N) is 7. The number of anilines is 4. The molecule has 3 aliphatic heterocycles. The van der Waals surface area contributed by atoms with E-state index in [1.165, 1.54) is 32.1 Å². The number of rotatable bonds is 6. The van der Waals surface area contributed by atoms with Crippen molar-refractivity contribution in [2.24, 2.45) is 0 Å². The lowest BCUT2D eigenvalue weighted by atomic mass is 10.1. The fourth-order valence-electron chi connectivity index (χ4n) is 5.92. The van der Waals surface area contributed by atoms with Gasteiger partial charge in [0.15, 0.2) is 0 Å². The summed E-state index contributed by atoms with van der Waals surface area (Å²) in [5, 5.41) is 0. The van der Waals surface area contributed by atoms with Crippen LogP contribution in [0.4, 0.5) is 23.4 Å². The first kappa shape index (κ1) is 25.5. The van der Waals surface area contributed by atoms with Crippen LogP contribution in [-0.2, 0) is 4.74 Å². The molecule has 37 heavy (non-hydrogen) atoms. The Labute approximate surface area is 220 Å². The van der Waals surface area contributed by atoms with E-state index < -0.39 is 0 Å². The predicted octanol–water partition coefficient (Wildman–Crippen LogP) is 4.05. The molecule has 3 fully saturated rings. The molecule has 2 aromatic heterocycles. The van der Waals surface area contributed by atoms with Crippen LogP contribution in [0.1, 0.15) is 68.8 Å². The quantitative estimate of drug-likeness (QED) is 0.538. The van der Waals surface area contributed by atoms with E-state index in [1.54, 1.807) is 6.20 Å². The second-order valence-corrected chi connectivity index (χ2v) is 10.7. The molecule has 0 saturated carbocycles. The fourth-order valence-corrected chi connectivity index (χ4v) is 5.92. The minimum Gasteiger partial charge on any atom is -0.462 e. The zero-order valence-corrected chi connectivity index (χ0v) is 22.8. The monoisotopic (exact) mass is 507 g/mol. The highest BCUT2D eigenvalue weighted by Gasteiger charge is 2.30. The van der Waals surface area contributed by atoms with Gasteiger partial charge in [0.2, 0.25) is 5.95 Å². The van der Waals surface area contributed by atoms with Gasteiger partial charge in [0.05, 0.1) is 12.2 Å². The molecule has 0 aliphatic carbocycles. The maximum absolute atomic E-state index is 12.1. The van der Waals surface area contributed by atoms with Crippen molar-refractivity contribution in [1.29, 1.82) is 0 Å². The van der Waals surface area contributed by atoms with Gasteiger partial charge in [-0.25, -0.2) is 9.78 Å². The number of carbonyl (C=O) groups excluding carboxylic acids is 1. The van der Waals surface area contributed by atoms with Gasteiger partial charge in [-0.1, -0.05) is 0 Å². The lowest BCUT2D eigenvalue weighted by molar-refractivity contribution is 0.0526. The van der Waals surface area contributed by atoms with Gasteiger partial charge in [0.1, 0.15) is 17.5 Å². The van der Waals surface area contributed by atoms with Crippen molar-refractivity contribution in [3.8, 4) is 0 Å². The number of ether oxygens (including phenoxy) is 1. The topological polar surface area (TPSA) is 77.9 Å². The molecule has 9 nitrogen and oxygen atoms in total. The first-order valence-electron chi connectivity index (χ1n) is 14.0. The summed E-state index contributed by atoms with van der Waals surface area (Å²) in [5.74, 6) is 3.59. The zero-order chi connectivity index (χ0) is 25.9. The van der Waals surface area contributed by atoms with E-state index in [0.717, 1.165) is 68.2 Å². The Hall–Kier alpha value is -3.10. The third-order valence-electron chi connectivity index (χ3n) is 7.96. The van der Waals surface area contributed by atoms with E-state index in [4.69, 9.17) is 14.7 Å². The van der Waals surface area contributed by atoms with Gasteiger partial charge < -0.3 is 24.3 Å². The van der Waals surface area contributed by atoms with Gasteiger partial charge in [-0.05, 0) is 71.4 Å². The van der Waals surface area contributed by atoms with Crippen molar-refractivity contribution in [1.82, 2.24) is 15.0 Å². The van der Waals surface area contributed by atoms with Crippen LogP contribution >= 0.6 is 0 Å². The van der Waals surface area contributed by atoms with Crippen LogP contribution < -0.4 is 19.6 Å². The Balaban J connectivity index is 1.37. The maximum atomic E-state index is 12.1. The standard InChI is InChI=1S/C28H41N7O2/c1-5-37-27(36)23-16-20(2)26(29-18-23)33-14-15-34(22(4)19-33)25-17-24(32-11-7-6-8-12-32)30-28(31-25)35-13-9-10-21(35)3/h16-18,21-22H,5-15,19H2,1-4H3/t21?,22-/m1/s1. The Morgan fingerprint density at radius 1 is 0.919 bits per heavy atom. The molecule has 9 heteroatoms. The van der Waals surface area contributed by atoms with E-state index in [9.17, 15) is 4.79 Å². The SMILES string of the molecule is CCOC(=O)c1cnc(N2CCN(c3cc(N4CCCCC4)nc(N4CCCC4C)n3)[C@H](C)C2)c(C)c1. The van der Waals surface area contributed by atoms with Crippen LogP contribution in [-0.4, -0.2) is 78.9 Å². The number of piperazine rings is 1. The fraction of sp³-hybridized carbons (Fsp3) is 0.643. The van der Waals surface area contributed by atoms with E-state index in [1.807, 2.05) is 19.9 Å². The van der Waals surface area contributed by atoms with Gasteiger partial charge >= 0.3 is 5.97 Å². The molecule has 0 N–H and O–H groups in total. The highest BCUT2D eigenvalue weighted by molar-refractivity contribution is 5.89. The molecule has 2 atom stereocenters. The third kappa shape index (κ3) is 5.45. The normalized spacial score (nSPS) is 22.5. The van der Waals surface area contributed by atoms with Crippen LogP contribution in [0.25, 0.3) is 0 Å². The van der Waals surface area contributed by atoms with E-state index >= 15 is 0 Å². The van der Waals surface area contributed by atoms with Crippen molar-refractivity contribution in [2.45, 2.75) is 71.9 Å². The molecule has 3 aliphatic rings. The number of aromatic nitrogens is 3. The van der Waals surface area contributed by atoms with Gasteiger partial charge in [0.25, 0.3) is 0 Å². The second-order valence-electron chi connectivity index (χ2n) is 10.7. The highest BCUT2D eigenvalue weighted by Crippen LogP contribution is 2.31. The Kier molecular flexibility index (Phi) is 7.67. The molecule has 3 saturated heterocycles. The number of aryl methyl sites for hydroxylation is 1. The summed E-state index contributed by atoms with van der Waals surface area (Å²) in [5.41, 5.74) is 1.50. The summed E-state index contributed by atoms with van der Waals surface area (Å²) >= 11 is 0. The summed E-state index contributed by atoms with van der Waals surface area (Å²) in [4.78, 5) is 36.6. The summed E-state index contributed by atoms with van der Waals surface area (Å²) in [6.45, 7) is 14.4. The molecular weight excluding hydrogens is 466 g/mol. The van der Waals surface area contributed by atoms with E-state index in [2.05, 4.69) is 44.5 Å². The first-order chi connectivity index (χ1) is 17.9. The summed E-state index contributed by atoms with van der Waals surface area (Å²) in [6.07, 6.45) is 7.79. The van der Waals surface area contributed by atoms with Gasteiger partial charge in [-0.15, -0.1) is 0 Å². The maximum Gasteiger partial charge on any atom is 0.339 e. The molecule has 5 heterocycles. The van der Waals surface area contributed by atoms with Crippen molar-refractivity contribution in [3.05, 3.63) is 29.5 Å². The number of hydrogen-bond acceptors (Lipinski definition) is 9. The molecule has 0 amide bonds. The zero-order valence-electron chi connectivity index (χ0n) is 22.8. The van der Waals surface area contributed by atoms with Crippen LogP contribution in [0.2, 0.25) is 0 Å². The summed E-state index contributed by atoms with van der Waals surface area (Å²) in [6, 6.07) is 4.83. The predicted molar refractivity (Wildman–Crippen MR) is 148 cm³/mol. The molecular formula is C28H41N7O2. The number of hydrogen-bond donors (Lipinski definition) is 0. The van der Waals surface area contributed by atoms with Crippen molar-refractivity contribution in [2.75, 3.05) is 65.5 Å². The molecule has 200 valence electrons. The van der Waals surface area contributed by atoms with Gasteiger partial charge in [0, 0.05) is 63.6 Å². The van der Waals surface area contributed by atoms with E-state index in [0.29, 0.717) is 18.2 Å². The van der Waals surface area contributed by atoms with Crippen molar-refractivity contribution in [3.63, 3.8) is 0 Å². The molecule has 1 unspecified atom stereocenters. The molecule has 0 aromatic carbocycles. The smallest absolute Gasteiger partial charge is 0.339 e. The average Bonchev–Trinajstić information content (AvgIpc) is 3.34. The summed E-state index contributed by atoms with van der Waals surface area (Å²) < 4.78 is 5.14. The van der Waals surface area contributed by atoms with Crippen LogP contribution in [0.3, 0.4) is 0 Å². The van der Waals surface area contributed by atoms with Gasteiger partial charge in [-0.3, -0.25) is 0 Å². The average molecular weight is 508 g/mol. The molecule has 5 rings (SSSR count). The van der Waals surface area contributed by atoms with Crippen LogP contribution in [0.5, 0.6) is 0 Å². The minimum atomic E-state index is -0.320. The first-order valence-corrected chi connectivity index (χ1v) is 14.0. The molecule has 2 aromatic rings. The van der Waals surface area contributed by atoms with Crippen molar-refractivity contribution >= 4 is 29.4 Å².